The van der Waals surface area contributed by atoms with E-state index in [4.69, 9.17) is 4.98 Å². The minimum Gasteiger partial charge on any atom is -0.261 e. The van der Waals surface area contributed by atoms with E-state index >= 15 is 0 Å². The molecule has 7 aromatic carbocycles. The van der Waals surface area contributed by atoms with Gasteiger partial charge < -0.3 is 0 Å². The van der Waals surface area contributed by atoms with E-state index in [1.165, 1.54) is 76.8 Å². The van der Waals surface area contributed by atoms with Gasteiger partial charge in [-0.3, -0.25) is 9.97 Å². The Morgan fingerprint density at radius 1 is 0.467 bits per heavy atom. The number of hydrogen-bond acceptors (Lipinski definition) is 2. The number of benzene rings is 7. The Bertz CT molecular complexity index is 2450. The normalized spacial score (nSPS) is 13.3. The van der Waals surface area contributed by atoms with E-state index in [0.29, 0.717) is 0 Å². The predicted molar refractivity (Wildman–Crippen MR) is 188 cm³/mol. The summed E-state index contributed by atoms with van der Waals surface area (Å²) in [5.74, 6) is 0. The minimum atomic E-state index is -0.0800. The Hall–Kier alpha value is -5.60. The summed E-state index contributed by atoms with van der Waals surface area (Å²) in [5, 5.41) is 7.29. The van der Waals surface area contributed by atoms with Crippen molar-refractivity contribution in [3.05, 3.63) is 157 Å². The predicted octanol–water partition coefficient (Wildman–Crippen LogP) is 11.2. The van der Waals surface area contributed by atoms with Gasteiger partial charge in [0.2, 0.25) is 0 Å². The first-order chi connectivity index (χ1) is 22.1. The average Bonchev–Trinajstić information content (AvgIpc) is 3.32. The summed E-state index contributed by atoms with van der Waals surface area (Å²) in [6.07, 6.45) is 5.41. The molecule has 0 saturated carbocycles. The van der Waals surface area contributed by atoms with Crippen LogP contribution in [-0.2, 0) is 5.41 Å². The van der Waals surface area contributed by atoms with Crippen LogP contribution in [0.3, 0.4) is 0 Å². The number of rotatable bonds is 3. The van der Waals surface area contributed by atoms with Gasteiger partial charge >= 0.3 is 0 Å². The first kappa shape index (κ1) is 25.9. The summed E-state index contributed by atoms with van der Waals surface area (Å²) in [4.78, 5) is 9.26. The van der Waals surface area contributed by atoms with Gasteiger partial charge in [-0.1, -0.05) is 123 Å². The Morgan fingerprint density at radius 2 is 1.13 bits per heavy atom. The monoisotopic (exact) mass is 574 g/mol. The molecule has 2 heteroatoms. The molecule has 1 aliphatic carbocycles. The van der Waals surface area contributed by atoms with Crippen LogP contribution in [0.2, 0.25) is 0 Å². The van der Waals surface area contributed by atoms with Crippen molar-refractivity contribution in [3.8, 4) is 44.6 Å². The van der Waals surface area contributed by atoms with Crippen LogP contribution in [0.4, 0.5) is 0 Å². The van der Waals surface area contributed by atoms with Crippen LogP contribution >= 0.6 is 0 Å². The van der Waals surface area contributed by atoms with E-state index in [1.807, 2.05) is 6.20 Å². The third-order valence-corrected chi connectivity index (χ3v) is 9.80. The number of aromatic nitrogens is 2. The standard InChI is InChI=1S/C43H30N2/c1-43(2)38-14-8-7-11-32(38)33-19-18-31(25-39(33)43)41-34-12-5-6-13-35(34)42(40-26-44-21-22-45-40)36-20-17-30(24-37(36)41)29-16-15-27-9-3-4-10-28(27)23-29/h3-26H,1-2H3. The van der Waals surface area contributed by atoms with Gasteiger partial charge in [-0.2, -0.15) is 0 Å². The van der Waals surface area contributed by atoms with Gasteiger partial charge in [0.25, 0.3) is 0 Å². The van der Waals surface area contributed by atoms with Crippen LogP contribution in [0.5, 0.6) is 0 Å². The summed E-state index contributed by atoms with van der Waals surface area (Å²) < 4.78 is 0. The molecular formula is C43H30N2. The molecule has 9 rings (SSSR count). The second-order valence-corrected chi connectivity index (χ2v) is 12.6. The molecule has 0 atom stereocenters. The molecule has 1 aromatic heterocycles. The summed E-state index contributed by atoms with van der Waals surface area (Å²) >= 11 is 0. The molecule has 2 nitrogen and oxygen atoms in total. The van der Waals surface area contributed by atoms with E-state index in [1.54, 1.807) is 12.4 Å². The molecule has 1 aliphatic rings. The highest BCUT2D eigenvalue weighted by Gasteiger charge is 2.35. The lowest BCUT2D eigenvalue weighted by Crippen LogP contribution is -2.14. The van der Waals surface area contributed by atoms with Gasteiger partial charge in [-0.05, 0) is 95.0 Å². The lowest BCUT2D eigenvalue weighted by Gasteiger charge is -2.23. The zero-order valence-corrected chi connectivity index (χ0v) is 25.3. The summed E-state index contributed by atoms with van der Waals surface area (Å²) in [7, 11) is 0. The van der Waals surface area contributed by atoms with Gasteiger partial charge in [0.1, 0.15) is 0 Å². The molecule has 0 aliphatic heterocycles. The Morgan fingerprint density at radius 3 is 1.98 bits per heavy atom. The van der Waals surface area contributed by atoms with E-state index in [-0.39, 0.29) is 5.41 Å². The zero-order valence-electron chi connectivity index (χ0n) is 25.3. The maximum atomic E-state index is 4.79. The van der Waals surface area contributed by atoms with Crippen LogP contribution in [0.25, 0.3) is 77.0 Å². The summed E-state index contributed by atoms with van der Waals surface area (Å²) in [6, 6.07) is 47.0. The minimum absolute atomic E-state index is 0.0800. The quantitative estimate of drug-likeness (QED) is 0.196. The van der Waals surface area contributed by atoms with Gasteiger partial charge in [0.05, 0.1) is 11.9 Å². The molecule has 1 heterocycles. The van der Waals surface area contributed by atoms with Gasteiger partial charge in [0, 0.05) is 23.4 Å². The van der Waals surface area contributed by atoms with Crippen molar-refractivity contribution in [2.75, 3.05) is 0 Å². The number of hydrogen-bond donors (Lipinski definition) is 0. The highest BCUT2D eigenvalue weighted by molar-refractivity contribution is 6.21. The second kappa shape index (κ2) is 9.70. The Balaban J connectivity index is 1.37. The highest BCUT2D eigenvalue weighted by atomic mass is 14.8. The molecule has 0 radical (unpaired) electrons. The molecule has 0 amide bonds. The fourth-order valence-corrected chi connectivity index (χ4v) is 7.60. The largest absolute Gasteiger partial charge is 0.261 e. The van der Waals surface area contributed by atoms with Crippen LogP contribution in [0.15, 0.2) is 146 Å². The zero-order chi connectivity index (χ0) is 30.1. The molecule has 0 bridgehead atoms. The van der Waals surface area contributed by atoms with E-state index < -0.39 is 0 Å². The lowest BCUT2D eigenvalue weighted by molar-refractivity contribution is 0.660. The van der Waals surface area contributed by atoms with Crippen molar-refractivity contribution < 1.29 is 0 Å². The molecule has 0 fully saturated rings. The lowest BCUT2D eigenvalue weighted by atomic mass is 9.80. The third kappa shape index (κ3) is 3.89. The molecule has 212 valence electrons. The summed E-state index contributed by atoms with van der Waals surface area (Å²) in [6.45, 7) is 4.71. The molecule has 8 aromatic rings. The Kier molecular flexibility index (Phi) is 5.58. The van der Waals surface area contributed by atoms with Gasteiger partial charge in [-0.15, -0.1) is 0 Å². The SMILES string of the molecule is CC1(C)c2ccccc2-c2ccc(-c3c4ccccc4c(-c4cnccn4)c4ccc(-c5ccc6ccccc6c5)cc34)cc21. The van der Waals surface area contributed by atoms with Crippen LogP contribution in [0.1, 0.15) is 25.0 Å². The number of fused-ring (bicyclic) bond motifs is 6. The second-order valence-electron chi connectivity index (χ2n) is 12.6. The maximum Gasteiger partial charge on any atom is 0.0897 e. The van der Waals surface area contributed by atoms with E-state index in [0.717, 1.165) is 11.3 Å². The topological polar surface area (TPSA) is 25.8 Å². The smallest absolute Gasteiger partial charge is 0.0897 e. The fraction of sp³-hybridized carbons (Fsp3) is 0.0698. The van der Waals surface area contributed by atoms with Gasteiger partial charge in [0.15, 0.2) is 0 Å². The first-order valence-corrected chi connectivity index (χ1v) is 15.6. The van der Waals surface area contributed by atoms with Crippen molar-refractivity contribution in [2.45, 2.75) is 19.3 Å². The van der Waals surface area contributed by atoms with Gasteiger partial charge in [-0.25, -0.2) is 0 Å². The summed E-state index contributed by atoms with van der Waals surface area (Å²) in [5.41, 5.74) is 12.3. The third-order valence-electron chi connectivity index (χ3n) is 9.80. The van der Waals surface area contributed by atoms with Crippen molar-refractivity contribution in [1.29, 1.82) is 0 Å². The first-order valence-electron chi connectivity index (χ1n) is 15.6. The molecule has 0 unspecified atom stereocenters. The molecule has 0 saturated heterocycles. The maximum absolute atomic E-state index is 4.79. The van der Waals surface area contributed by atoms with Crippen LogP contribution < -0.4 is 0 Å². The Labute approximate surface area is 262 Å². The van der Waals surface area contributed by atoms with Crippen molar-refractivity contribution in [1.82, 2.24) is 9.97 Å². The van der Waals surface area contributed by atoms with Crippen molar-refractivity contribution in [3.63, 3.8) is 0 Å². The molecular weight excluding hydrogens is 544 g/mol. The van der Waals surface area contributed by atoms with Crippen LogP contribution in [-0.4, -0.2) is 9.97 Å². The van der Waals surface area contributed by atoms with Crippen molar-refractivity contribution >= 4 is 32.3 Å². The average molecular weight is 575 g/mol. The molecule has 45 heavy (non-hydrogen) atoms. The van der Waals surface area contributed by atoms with E-state index in [9.17, 15) is 0 Å². The fourth-order valence-electron chi connectivity index (χ4n) is 7.60. The molecule has 0 spiro atoms. The van der Waals surface area contributed by atoms with E-state index in [2.05, 4.69) is 146 Å². The number of nitrogens with zero attached hydrogens (tertiary/aromatic N) is 2. The highest BCUT2D eigenvalue weighted by Crippen LogP contribution is 2.51. The molecule has 0 N–H and O–H groups in total. The van der Waals surface area contributed by atoms with Crippen molar-refractivity contribution in [2.24, 2.45) is 0 Å². The van der Waals surface area contributed by atoms with Crippen LogP contribution in [0, 0.1) is 0 Å².